The van der Waals surface area contributed by atoms with Gasteiger partial charge < -0.3 is 10.1 Å². The summed E-state index contributed by atoms with van der Waals surface area (Å²) in [6.07, 6.45) is 2.77. The van der Waals surface area contributed by atoms with Crippen LogP contribution < -0.4 is 10.1 Å². The van der Waals surface area contributed by atoms with Crippen molar-refractivity contribution >= 4 is 5.82 Å². The lowest BCUT2D eigenvalue weighted by atomic mass is 10.2. The molecular formula is C16H19FN2O. The smallest absolute Gasteiger partial charge is 0.132 e. The molecule has 0 amide bonds. The van der Waals surface area contributed by atoms with E-state index < -0.39 is 0 Å². The van der Waals surface area contributed by atoms with Crippen LogP contribution in [-0.4, -0.2) is 11.5 Å². The first-order valence-electron chi connectivity index (χ1n) is 6.77. The molecule has 2 rings (SSSR count). The monoisotopic (exact) mass is 274 g/mol. The molecule has 0 fully saturated rings. The Morgan fingerprint density at radius 2 is 2.15 bits per heavy atom. The summed E-state index contributed by atoms with van der Waals surface area (Å²) >= 11 is 0. The van der Waals surface area contributed by atoms with Crippen LogP contribution in [0.15, 0.2) is 36.5 Å². The number of pyridine rings is 1. The first-order valence-corrected chi connectivity index (χ1v) is 6.77. The van der Waals surface area contributed by atoms with Crippen LogP contribution >= 0.6 is 0 Å². The van der Waals surface area contributed by atoms with Gasteiger partial charge in [-0.15, -0.1) is 0 Å². The molecule has 0 spiro atoms. The third-order valence-electron chi connectivity index (χ3n) is 2.97. The minimum Gasteiger partial charge on any atom is -0.488 e. The second kappa shape index (κ2) is 6.89. The Morgan fingerprint density at radius 1 is 1.30 bits per heavy atom. The van der Waals surface area contributed by atoms with Crippen LogP contribution in [0.4, 0.5) is 10.2 Å². The standard InChI is InChI=1S/C16H19FN2O/c1-3-8-18-16-13(5-4-9-19-16)11-20-15-10-14(17)7-6-12(15)2/h4-7,9-10H,3,8,11H2,1-2H3,(H,18,19). The maximum atomic E-state index is 13.2. The summed E-state index contributed by atoms with van der Waals surface area (Å²) in [5.41, 5.74) is 1.88. The number of nitrogens with one attached hydrogen (secondary N) is 1. The zero-order valence-corrected chi connectivity index (χ0v) is 11.8. The molecular weight excluding hydrogens is 255 g/mol. The highest BCUT2D eigenvalue weighted by molar-refractivity contribution is 5.43. The molecule has 106 valence electrons. The van der Waals surface area contributed by atoms with Crippen LogP contribution in [0.2, 0.25) is 0 Å². The van der Waals surface area contributed by atoms with Gasteiger partial charge in [0.05, 0.1) is 0 Å². The number of benzene rings is 1. The van der Waals surface area contributed by atoms with Crippen molar-refractivity contribution in [2.75, 3.05) is 11.9 Å². The molecule has 2 aromatic rings. The average molecular weight is 274 g/mol. The molecule has 3 nitrogen and oxygen atoms in total. The molecule has 0 saturated heterocycles. The summed E-state index contributed by atoms with van der Waals surface area (Å²) < 4.78 is 18.9. The highest BCUT2D eigenvalue weighted by Gasteiger charge is 2.06. The van der Waals surface area contributed by atoms with E-state index in [0.717, 1.165) is 29.9 Å². The number of rotatable bonds is 6. The average Bonchev–Trinajstić information content (AvgIpc) is 2.47. The Labute approximate surface area is 118 Å². The fourth-order valence-electron chi connectivity index (χ4n) is 1.84. The van der Waals surface area contributed by atoms with E-state index >= 15 is 0 Å². The minimum absolute atomic E-state index is 0.291. The number of anilines is 1. The van der Waals surface area contributed by atoms with Gasteiger partial charge in [0.2, 0.25) is 0 Å². The van der Waals surface area contributed by atoms with Crippen LogP contribution in [0.1, 0.15) is 24.5 Å². The third-order valence-corrected chi connectivity index (χ3v) is 2.97. The van der Waals surface area contributed by atoms with Crippen molar-refractivity contribution in [1.29, 1.82) is 0 Å². The lowest BCUT2D eigenvalue weighted by Gasteiger charge is -2.12. The van der Waals surface area contributed by atoms with Gasteiger partial charge in [0, 0.05) is 24.4 Å². The Bertz CT molecular complexity index is 572. The molecule has 0 saturated carbocycles. The fourth-order valence-corrected chi connectivity index (χ4v) is 1.84. The van der Waals surface area contributed by atoms with Gasteiger partial charge in [0.1, 0.15) is 24.0 Å². The topological polar surface area (TPSA) is 34.2 Å². The van der Waals surface area contributed by atoms with E-state index in [9.17, 15) is 4.39 Å². The molecule has 1 aromatic carbocycles. The highest BCUT2D eigenvalue weighted by atomic mass is 19.1. The van der Waals surface area contributed by atoms with Crippen LogP contribution in [0, 0.1) is 12.7 Å². The Hall–Kier alpha value is -2.10. The summed E-state index contributed by atoms with van der Waals surface area (Å²) in [4.78, 5) is 4.30. The highest BCUT2D eigenvalue weighted by Crippen LogP contribution is 2.21. The quantitative estimate of drug-likeness (QED) is 0.866. The molecule has 1 aromatic heterocycles. The number of aromatic nitrogens is 1. The molecule has 1 N–H and O–H groups in total. The number of ether oxygens (including phenoxy) is 1. The number of aryl methyl sites for hydroxylation is 1. The van der Waals surface area contributed by atoms with Crippen molar-refractivity contribution in [3.8, 4) is 5.75 Å². The lowest BCUT2D eigenvalue weighted by molar-refractivity contribution is 0.302. The van der Waals surface area contributed by atoms with E-state index in [1.165, 1.54) is 12.1 Å². The fraction of sp³-hybridized carbons (Fsp3) is 0.312. The second-order valence-corrected chi connectivity index (χ2v) is 4.64. The van der Waals surface area contributed by atoms with Gasteiger partial charge >= 0.3 is 0 Å². The maximum absolute atomic E-state index is 13.2. The molecule has 0 radical (unpaired) electrons. The number of hydrogen-bond acceptors (Lipinski definition) is 3. The predicted molar refractivity (Wildman–Crippen MR) is 78.5 cm³/mol. The first kappa shape index (κ1) is 14.3. The molecule has 0 bridgehead atoms. The third kappa shape index (κ3) is 3.70. The molecule has 0 atom stereocenters. The van der Waals surface area contributed by atoms with Crippen molar-refractivity contribution in [3.05, 3.63) is 53.5 Å². The van der Waals surface area contributed by atoms with Crippen molar-refractivity contribution < 1.29 is 9.13 Å². The van der Waals surface area contributed by atoms with Crippen molar-refractivity contribution in [3.63, 3.8) is 0 Å². The zero-order chi connectivity index (χ0) is 14.4. The summed E-state index contributed by atoms with van der Waals surface area (Å²) in [7, 11) is 0. The van der Waals surface area contributed by atoms with E-state index in [1.807, 2.05) is 19.1 Å². The van der Waals surface area contributed by atoms with Gasteiger partial charge in [-0.05, 0) is 31.0 Å². The normalized spacial score (nSPS) is 10.3. The summed E-state index contributed by atoms with van der Waals surface area (Å²) in [6, 6.07) is 8.38. The van der Waals surface area contributed by atoms with Gasteiger partial charge in [0.15, 0.2) is 0 Å². The summed E-state index contributed by atoms with van der Waals surface area (Å²) in [5.74, 6) is 1.10. The Balaban J connectivity index is 2.08. The van der Waals surface area contributed by atoms with Gasteiger partial charge in [-0.25, -0.2) is 9.37 Å². The van der Waals surface area contributed by atoms with Crippen molar-refractivity contribution in [2.45, 2.75) is 26.9 Å². The van der Waals surface area contributed by atoms with Crippen LogP contribution in [0.3, 0.4) is 0 Å². The zero-order valence-electron chi connectivity index (χ0n) is 11.8. The molecule has 0 aliphatic rings. The first-order chi connectivity index (χ1) is 9.70. The molecule has 0 aliphatic heterocycles. The lowest BCUT2D eigenvalue weighted by Crippen LogP contribution is -2.07. The molecule has 4 heteroatoms. The SMILES string of the molecule is CCCNc1ncccc1COc1cc(F)ccc1C. The van der Waals surface area contributed by atoms with Crippen molar-refractivity contribution in [2.24, 2.45) is 0 Å². The van der Waals surface area contributed by atoms with Crippen LogP contribution in [0.5, 0.6) is 5.75 Å². The van der Waals surface area contributed by atoms with Crippen molar-refractivity contribution in [1.82, 2.24) is 4.98 Å². The molecule has 20 heavy (non-hydrogen) atoms. The predicted octanol–water partition coefficient (Wildman–Crippen LogP) is 3.93. The minimum atomic E-state index is -0.291. The Kier molecular flexibility index (Phi) is 4.93. The molecule has 0 unspecified atom stereocenters. The van der Waals surface area contributed by atoms with E-state index in [2.05, 4.69) is 17.2 Å². The van der Waals surface area contributed by atoms with Gasteiger partial charge in [-0.3, -0.25) is 0 Å². The number of nitrogens with zero attached hydrogens (tertiary/aromatic N) is 1. The van der Waals surface area contributed by atoms with Gasteiger partial charge in [-0.1, -0.05) is 19.1 Å². The summed E-state index contributed by atoms with van der Waals surface area (Å²) in [6.45, 7) is 5.23. The van der Waals surface area contributed by atoms with E-state index in [4.69, 9.17) is 4.74 Å². The number of halogens is 1. The van der Waals surface area contributed by atoms with Gasteiger partial charge in [0.25, 0.3) is 0 Å². The Morgan fingerprint density at radius 3 is 2.95 bits per heavy atom. The molecule has 0 aliphatic carbocycles. The van der Waals surface area contributed by atoms with E-state index in [-0.39, 0.29) is 5.82 Å². The summed E-state index contributed by atoms with van der Waals surface area (Å²) in [5, 5.41) is 3.26. The van der Waals surface area contributed by atoms with Gasteiger partial charge in [-0.2, -0.15) is 0 Å². The maximum Gasteiger partial charge on any atom is 0.132 e. The largest absolute Gasteiger partial charge is 0.488 e. The van der Waals surface area contributed by atoms with E-state index in [1.54, 1.807) is 12.3 Å². The number of hydrogen-bond donors (Lipinski definition) is 1. The van der Waals surface area contributed by atoms with Crippen LogP contribution in [-0.2, 0) is 6.61 Å². The second-order valence-electron chi connectivity index (χ2n) is 4.64. The molecule has 1 heterocycles. The van der Waals surface area contributed by atoms with Crippen LogP contribution in [0.25, 0.3) is 0 Å². The van der Waals surface area contributed by atoms with E-state index in [0.29, 0.717) is 12.4 Å².